The first-order valence-corrected chi connectivity index (χ1v) is 7.44. The topological polar surface area (TPSA) is 88.6 Å². The van der Waals surface area contributed by atoms with Crippen molar-refractivity contribution in [2.24, 2.45) is 0 Å². The molecule has 1 aliphatic rings. The fourth-order valence-corrected chi connectivity index (χ4v) is 2.09. The minimum Gasteiger partial charge on any atom is -0.354 e. The van der Waals surface area contributed by atoms with Crippen LogP contribution in [0, 0.1) is 22.7 Å². The Balaban J connectivity index is 0.000000185. The molecule has 0 saturated carbocycles. The van der Waals surface area contributed by atoms with E-state index in [0.717, 1.165) is 32.0 Å². The van der Waals surface area contributed by atoms with Crippen molar-refractivity contribution in [3.05, 3.63) is 52.9 Å². The van der Waals surface area contributed by atoms with Gasteiger partial charge in [0.25, 0.3) is 0 Å². The molecule has 6 nitrogen and oxygen atoms in total. The molecule has 7 heteroatoms. The predicted molar refractivity (Wildman–Crippen MR) is 88.0 cm³/mol. The van der Waals surface area contributed by atoms with Crippen molar-refractivity contribution in [3.8, 4) is 12.1 Å². The maximum absolute atomic E-state index is 8.63. The second-order valence-corrected chi connectivity index (χ2v) is 5.12. The van der Waals surface area contributed by atoms with Crippen molar-refractivity contribution >= 4 is 17.4 Å². The van der Waals surface area contributed by atoms with Gasteiger partial charge >= 0.3 is 0 Å². The molecule has 1 fully saturated rings. The zero-order valence-corrected chi connectivity index (χ0v) is 13.2. The first-order valence-electron chi connectivity index (χ1n) is 7.06. The molecule has 23 heavy (non-hydrogen) atoms. The van der Waals surface area contributed by atoms with E-state index in [-0.39, 0.29) is 0 Å². The van der Waals surface area contributed by atoms with Gasteiger partial charge in [0.2, 0.25) is 0 Å². The van der Waals surface area contributed by atoms with Crippen LogP contribution in [0.3, 0.4) is 0 Å². The Morgan fingerprint density at radius 1 is 0.957 bits per heavy atom. The Morgan fingerprint density at radius 3 is 2.04 bits per heavy atom. The van der Waals surface area contributed by atoms with E-state index in [1.165, 1.54) is 6.20 Å². The number of nitrogens with one attached hydrogen (secondary N) is 1. The number of aromatic nitrogens is 2. The van der Waals surface area contributed by atoms with Crippen LogP contribution in [0.1, 0.15) is 11.1 Å². The number of rotatable bonds is 1. The molecule has 0 aromatic carbocycles. The Bertz CT molecular complexity index is 693. The Kier molecular flexibility index (Phi) is 6.31. The monoisotopic (exact) mass is 326 g/mol. The average molecular weight is 327 g/mol. The third-order valence-corrected chi connectivity index (χ3v) is 3.40. The van der Waals surface area contributed by atoms with Gasteiger partial charge in [-0.2, -0.15) is 10.5 Å². The van der Waals surface area contributed by atoms with Crippen molar-refractivity contribution in [1.29, 1.82) is 10.5 Å². The second-order valence-electron chi connectivity index (χ2n) is 4.74. The molecule has 0 aliphatic carbocycles. The minimum absolute atomic E-state index is 0.411. The lowest BCUT2D eigenvalue weighted by molar-refractivity contribution is 0.585. The summed E-state index contributed by atoms with van der Waals surface area (Å²) in [5.74, 6) is 0.963. The van der Waals surface area contributed by atoms with Gasteiger partial charge in [0.15, 0.2) is 0 Å². The van der Waals surface area contributed by atoms with E-state index < -0.39 is 0 Å². The van der Waals surface area contributed by atoms with Crippen LogP contribution in [0.25, 0.3) is 0 Å². The van der Waals surface area contributed by atoms with E-state index >= 15 is 0 Å². The largest absolute Gasteiger partial charge is 0.354 e. The molecule has 2 aromatic heterocycles. The molecule has 1 N–H and O–H groups in total. The van der Waals surface area contributed by atoms with Crippen LogP contribution in [0.5, 0.6) is 0 Å². The summed E-state index contributed by atoms with van der Waals surface area (Å²) in [6.07, 6.45) is 3.06. The first kappa shape index (κ1) is 16.7. The molecule has 0 atom stereocenters. The van der Waals surface area contributed by atoms with Crippen LogP contribution in [0.4, 0.5) is 5.82 Å². The van der Waals surface area contributed by atoms with Gasteiger partial charge < -0.3 is 10.2 Å². The maximum Gasteiger partial charge on any atom is 0.129 e. The number of nitrogens with zero attached hydrogens (tertiary/aromatic N) is 5. The normalized spacial score (nSPS) is 13.3. The molecule has 116 valence electrons. The van der Waals surface area contributed by atoms with Gasteiger partial charge in [-0.1, -0.05) is 11.6 Å². The summed E-state index contributed by atoms with van der Waals surface area (Å²) in [6, 6.07) is 10.9. The van der Waals surface area contributed by atoms with Crippen LogP contribution >= 0.6 is 11.6 Å². The van der Waals surface area contributed by atoms with E-state index in [9.17, 15) is 0 Å². The minimum atomic E-state index is 0.411. The highest BCUT2D eigenvalue weighted by Crippen LogP contribution is 2.11. The number of halogens is 1. The predicted octanol–water partition coefficient (Wildman–Crippen LogP) is 1.97. The molecule has 3 rings (SSSR count). The zero-order valence-electron chi connectivity index (χ0n) is 12.4. The van der Waals surface area contributed by atoms with E-state index in [2.05, 4.69) is 26.3 Å². The van der Waals surface area contributed by atoms with Crippen molar-refractivity contribution in [1.82, 2.24) is 15.3 Å². The fourth-order valence-electron chi connectivity index (χ4n) is 1.98. The SMILES string of the molecule is N#Cc1ccc(Cl)nc1.N#Cc1ccc(N2CCNCC2)nc1. The van der Waals surface area contributed by atoms with Crippen molar-refractivity contribution in [2.45, 2.75) is 0 Å². The number of nitriles is 2. The summed E-state index contributed by atoms with van der Waals surface area (Å²) in [4.78, 5) is 10.2. The molecular weight excluding hydrogens is 312 g/mol. The lowest BCUT2D eigenvalue weighted by Crippen LogP contribution is -2.43. The third-order valence-electron chi connectivity index (χ3n) is 3.17. The highest BCUT2D eigenvalue weighted by molar-refractivity contribution is 6.29. The van der Waals surface area contributed by atoms with E-state index in [1.807, 2.05) is 18.2 Å². The van der Waals surface area contributed by atoms with Crippen LogP contribution in [-0.4, -0.2) is 36.1 Å². The van der Waals surface area contributed by atoms with E-state index in [0.29, 0.717) is 16.3 Å². The molecular formula is C16H15ClN6. The number of hydrogen-bond donors (Lipinski definition) is 1. The number of pyridine rings is 2. The average Bonchev–Trinajstić information content (AvgIpc) is 2.64. The summed E-state index contributed by atoms with van der Waals surface area (Å²) in [5, 5.41) is 20.6. The van der Waals surface area contributed by atoms with Crippen molar-refractivity contribution in [2.75, 3.05) is 31.1 Å². The van der Waals surface area contributed by atoms with Crippen LogP contribution < -0.4 is 10.2 Å². The Morgan fingerprint density at radius 2 is 1.57 bits per heavy atom. The molecule has 0 bridgehead atoms. The van der Waals surface area contributed by atoms with E-state index in [4.69, 9.17) is 22.1 Å². The first-order chi connectivity index (χ1) is 11.2. The van der Waals surface area contributed by atoms with Gasteiger partial charge in [-0.25, -0.2) is 9.97 Å². The molecule has 1 aliphatic heterocycles. The number of anilines is 1. The highest BCUT2D eigenvalue weighted by Gasteiger charge is 2.10. The van der Waals surface area contributed by atoms with E-state index in [1.54, 1.807) is 18.3 Å². The smallest absolute Gasteiger partial charge is 0.129 e. The molecule has 2 aromatic rings. The zero-order chi connectivity index (χ0) is 16.5. The molecule has 1 saturated heterocycles. The summed E-state index contributed by atoms with van der Waals surface area (Å²) in [6.45, 7) is 3.97. The quantitative estimate of drug-likeness (QED) is 0.806. The third kappa shape index (κ3) is 5.23. The van der Waals surface area contributed by atoms with Gasteiger partial charge in [0.1, 0.15) is 23.1 Å². The molecule has 0 amide bonds. The van der Waals surface area contributed by atoms with Crippen LogP contribution in [0.15, 0.2) is 36.7 Å². The Labute approximate surface area is 140 Å². The molecule has 0 unspecified atom stereocenters. The van der Waals surface area contributed by atoms with Crippen LogP contribution in [0.2, 0.25) is 5.15 Å². The molecule has 0 radical (unpaired) electrons. The van der Waals surface area contributed by atoms with Gasteiger partial charge in [0, 0.05) is 38.6 Å². The summed E-state index contributed by atoms with van der Waals surface area (Å²) in [5.41, 5.74) is 1.14. The lowest BCUT2D eigenvalue weighted by atomic mass is 10.3. The van der Waals surface area contributed by atoms with Crippen molar-refractivity contribution < 1.29 is 0 Å². The highest BCUT2D eigenvalue weighted by atomic mass is 35.5. The summed E-state index contributed by atoms with van der Waals surface area (Å²) < 4.78 is 0. The van der Waals surface area contributed by atoms with Crippen LogP contribution in [-0.2, 0) is 0 Å². The fraction of sp³-hybridized carbons (Fsp3) is 0.250. The second kappa shape index (κ2) is 8.70. The lowest BCUT2D eigenvalue weighted by Gasteiger charge is -2.28. The van der Waals surface area contributed by atoms with Gasteiger partial charge in [-0.15, -0.1) is 0 Å². The Hall–Kier alpha value is -2.67. The molecule has 3 heterocycles. The van der Waals surface area contributed by atoms with Gasteiger partial charge in [-0.3, -0.25) is 0 Å². The maximum atomic E-state index is 8.63. The van der Waals surface area contributed by atoms with Gasteiger partial charge in [-0.05, 0) is 24.3 Å². The number of hydrogen-bond acceptors (Lipinski definition) is 6. The summed E-state index contributed by atoms with van der Waals surface area (Å²) >= 11 is 5.45. The standard InChI is InChI=1S/C10H12N4.C6H3ClN2/c11-7-9-1-2-10(13-8-9)14-5-3-12-4-6-14;7-6-2-1-5(3-8)4-9-6/h1-2,8,12H,3-6H2;1-2,4H. The number of piperazine rings is 1. The van der Waals surface area contributed by atoms with Crippen molar-refractivity contribution in [3.63, 3.8) is 0 Å². The summed E-state index contributed by atoms with van der Waals surface area (Å²) in [7, 11) is 0. The van der Waals surface area contributed by atoms with Gasteiger partial charge in [0.05, 0.1) is 11.1 Å². The molecule has 0 spiro atoms.